The number of nitrogens with zero attached hydrogens (tertiary/aromatic N) is 5. The number of nitrogens with one attached hydrogen (secondary N) is 2. The molecule has 0 saturated carbocycles. The summed E-state index contributed by atoms with van der Waals surface area (Å²) >= 11 is 0. The molecular weight excluding hydrogens is 258 g/mol. The minimum absolute atomic E-state index is 0.222. The number of hydrogen-bond acceptors (Lipinski definition) is 6. The monoisotopic (exact) mass is 275 g/mol. The van der Waals surface area contributed by atoms with Crippen LogP contribution >= 0.6 is 0 Å². The van der Waals surface area contributed by atoms with Gasteiger partial charge in [0, 0.05) is 13.6 Å². The van der Waals surface area contributed by atoms with Crippen molar-refractivity contribution in [3.8, 4) is 0 Å². The zero-order valence-corrected chi connectivity index (χ0v) is 11.7. The van der Waals surface area contributed by atoms with Crippen molar-refractivity contribution >= 4 is 11.7 Å². The van der Waals surface area contributed by atoms with Crippen molar-refractivity contribution in [1.82, 2.24) is 30.0 Å². The molecule has 0 bridgehead atoms. The highest BCUT2D eigenvalue weighted by molar-refractivity contribution is 5.92. The van der Waals surface area contributed by atoms with Crippen LogP contribution in [-0.2, 0) is 6.54 Å². The van der Waals surface area contributed by atoms with Gasteiger partial charge in [-0.1, -0.05) is 0 Å². The Morgan fingerprint density at radius 3 is 2.85 bits per heavy atom. The van der Waals surface area contributed by atoms with Crippen molar-refractivity contribution in [3.05, 3.63) is 29.7 Å². The molecule has 0 radical (unpaired) electrons. The third kappa shape index (κ3) is 3.28. The van der Waals surface area contributed by atoms with Crippen molar-refractivity contribution < 1.29 is 4.79 Å². The van der Waals surface area contributed by atoms with E-state index in [2.05, 4.69) is 30.5 Å². The van der Waals surface area contributed by atoms with E-state index in [1.165, 1.54) is 11.1 Å². The van der Waals surface area contributed by atoms with Gasteiger partial charge < -0.3 is 10.2 Å². The largest absolute Gasteiger partial charge is 0.369 e. The maximum Gasteiger partial charge on any atom is 0.274 e. The average Bonchev–Trinajstić information content (AvgIpc) is 2.84. The number of rotatable bonds is 5. The van der Waals surface area contributed by atoms with Crippen LogP contribution in [0.4, 0.5) is 5.82 Å². The fourth-order valence-corrected chi connectivity index (χ4v) is 1.67. The molecule has 0 fully saturated rings. The summed E-state index contributed by atoms with van der Waals surface area (Å²) in [5.74, 6) is 1.64. The topological polar surface area (TPSA) is 99.7 Å². The number of carbonyl (C=O) groups is 1. The van der Waals surface area contributed by atoms with Gasteiger partial charge in [-0.25, -0.2) is 9.97 Å². The molecule has 0 aliphatic carbocycles. The summed E-state index contributed by atoms with van der Waals surface area (Å²) < 4.78 is 0. The van der Waals surface area contributed by atoms with Crippen LogP contribution in [0, 0.1) is 6.92 Å². The molecule has 1 amide bonds. The van der Waals surface area contributed by atoms with E-state index in [1.54, 1.807) is 13.2 Å². The zero-order valence-electron chi connectivity index (χ0n) is 11.7. The predicted molar refractivity (Wildman–Crippen MR) is 73.1 cm³/mol. The molecule has 0 unspecified atom stereocenters. The molecule has 106 valence electrons. The number of carbonyl (C=O) groups excluding carboxylic acids is 1. The first-order chi connectivity index (χ1) is 9.60. The molecule has 20 heavy (non-hydrogen) atoms. The maximum atomic E-state index is 12.2. The molecule has 8 heteroatoms. The predicted octanol–water partition coefficient (Wildman–Crippen LogP) is 0.607. The molecule has 2 aromatic rings. The number of H-pyrrole nitrogens is 1. The second kappa shape index (κ2) is 6.09. The summed E-state index contributed by atoms with van der Waals surface area (Å²) in [6, 6.07) is 0. The van der Waals surface area contributed by atoms with Crippen molar-refractivity contribution in [2.45, 2.75) is 20.4 Å². The van der Waals surface area contributed by atoms with Gasteiger partial charge in [0.2, 0.25) is 0 Å². The molecule has 2 heterocycles. The van der Waals surface area contributed by atoms with Crippen LogP contribution in [-0.4, -0.2) is 49.5 Å². The molecular formula is C12H17N7O. The molecule has 8 nitrogen and oxygen atoms in total. The average molecular weight is 275 g/mol. The minimum atomic E-state index is -0.222. The molecule has 2 aromatic heterocycles. The van der Waals surface area contributed by atoms with Gasteiger partial charge in [-0.05, 0) is 13.8 Å². The van der Waals surface area contributed by atoms with Crippen LogP contribution in [0.2, 0.25) is 0 Å². The maximum absolute atomic E-state index is 12.2. The van der Waals surface area contributed by atoms with Gasteiger partial charge in [0.25, 0.3) is 5.91 Å². The van der Waals surface area contributed by atoms with E-state index in [0.717, 1.165) is 12.4 Å². The first-order valence-corrected chi connectivity index (χ1v) is 6.29. The highest BCUT2D eigenvalue weighted by Crippen LogP contribution is 2.06. The van der Waals surface area contributed by atoms with Crippen LogP contribution in [0.25, 0.3) is 0 Å². The van der Waals surface area contributed by atoms with Gasteiger partial charge in [0.05, 0.1) is 18.9 Å². The zero-order chi connectivity index (χ0) is 14.5. The second-order valence-electron chi connectivity index (χ2n) is 4.32. The third-order valence-electron chi connectivity index (χ3n) is 2.58. The lowest BCUT2D eigenvalue weighted by molar-refractivity contribution is 0.0775. The Balaban J connectivity index is 2.07. The summed E-state index contributed by atoms with van der Waals surface area (Å²) in [7, 11) is 1.68. The molecule has 0 saturated heterocycles. The number of aromatic nitrogens is 5. The van der Waals surface area contributed by atoms with Crippen LogP contribution in [0.3, 0.4) is 0 Å². The van der Waals surface area contributed by atoms with E-state index in [0.29, 0.717) is 23.9 Å². The van der Waals surface area contributed by atoms with E-state index in [4.69, 9.17) is 0 Å². The summed E-state index contributed by atoms with van der Waals surface area (Å²) in [4.78, 5) is 26.1. The minimum Gasteiger partial charge on any atom is -0.369 e. The van der Waals surface area contributed by atoms with Crippen molar-refractivity contribution in [1.29, 1.82) is 0 Å². The lowest BCUT2D eigenvalue weighted by atomic mass is 10.3. The van der Waals surface area contributed by atoms with E-state index in [9.17, 15) is 4.79 Å². The Bertz CT molecular complexity index is 595. The second-order valence-corrected chi connectivity index (χ2v) is 4.32. The van der Waals surface area contributed by atoms with Gasteiger partial charge >= 0.3 is 0 Å². The SMILES string of the molecule is CCNc1cncc(C(=O)N(C)Cc2n[nH]c(C)n2)n1. The lowest BCUT2D eigenvalue weighted by Crippen LogP contribution is -2.28. The van der Waals surface area contributed by atoms with Crippen molar-refractivity contribution in [2.24, 2.45) is 0 Å². The lowest BCUT2D eigenvalue weighted by Gasteiger charge is -2.14. The van der Waals surface area contributed by atoms with Gasteiger partial charge in [0.1, 0.15) is 17.3 Å². The number of hydrogen-bond donors (Lipinski definition) is 2. The summed E-state index contributed by atoms with van der Waals surface area (Å²) in [5.41, 5.74) is 0.290. The van der Waals surface area contributed by atoms with Crippen LogP contribution in [0.15, 0.2) is 12.4 Å². The van der Waals surface area contributed by atoms with E-state index in [-0.39, 0.29) is 5.91 Å². The number of aromatic amines is 1. The summed E-state index contributed by atoms with van der Waals surface area (Å²) in [6.45, 7) is 4.80. The fraction of sp³-hybridized carbons (Fsp3) is 0.417. The summed E-state index contributed by atoms with van der Waals surface area (Å²) in [5, 5.41) is 9.76. The highest BCUT2D eigenvalue weighted by atomic mass is 16.2. The van der Waals surface area contributed by atoms with Crippen molar-refractivity contribution in [3.63, 3.8) is 0 Å². The molecule has 2 rings (SSSR count). The normalized spacial score (nSPS) is 10.3. The van der Waals surface area contributed by atoms with Gasteiger partial charge in [-0.3, -0.25) is 14.9 Å². The Hall–Kier alpha value is -2.51. The Morgan fingerprint density at radius 2 is 2.20 bits per heavy atom. The summed E-state index contributed by atoms with van der Waals surface area (Å²) in [6.07, 6.45) is 3.03. The Kier molecular flexibility index (Phi) is 4.24. The van der Waals surface area contributed by atoms with Crippen LogP contribution in [0.1, 0.15) is 29.1 Å². The Morgan fingerprint density at radius 1 is 1.40 bits per heavy atom. The quantitative estimate of drug-likeness (QED) is 0.829. The highest BCUT2D eigenvalue weighted by Gasteiger charge is 2.16. The number of amides is 1. The molecule has 2 N–H and O–H groups in total. The first-order valence-electron chi connectivity index (χ1n) is 6.29. The fourth-order valence-electron chi connectivity index (χ4n) is 1.67. The van der Waals surface area contributed by atoms with Gasteiger partial charge in [-0.15, -0.1) is 0 Å². The van der Waals surface area contributed by atoms with Gasteiger partial charge in [0.15, 0.2) is 5.82 Å². The number of anilines is 1. The van der Waals surface area contributed by atoms with Crippen LogP contribution < -0.4 is 5.32 Å². The van der Waals surface area contributed by atoms with E-state index < -0.39 is 0 Å². The number of aryl methyl sites for hydroxylation is 1. The molecule has 0 aromatic carbocycles. The first kappa shape index (κ1) is 13.9. The molecule has 0 spiro atoms. The Labute approximate surface area is 116 Å². The van der Waals surface area contributed by atoms with Gasteiger partial charge in [-0.2, -0.15) is 5.10 Å². The molecule has 0 aliphatic rings. The van der Waals surface area contributed by atoms with Crippen LogP contribution in [0.5, 0.6) is 0 Å². The molecule has 0 atom stereocenters. The van der Waals surface area contributed by atoms with E-state index >= 15 is 0 Å². The van der Waals surface area contributed by atoms with E-state index in [1.807, 2.05) is 13.8 Å². The smallest absolute Gasteiger partial charge is 0.274 e. The van der Waals surface area contributed by atoms with Crippen molar-refractivity contribution in [2.75, 3.05) is 18.9 Å². The third-order valence-corrected chi connectivity index (χ3v) is 2.58. The standard InChI is InChI=1S/C12H17N7O/c1-4-14-10-6-13-5-9(16-10)12(20)19(3)7-11-15-8(2)17-18-11/h5-6H,4,7H2,1-3H3,(H,14,16)(H,15,17,18). The molecule has 0 aliphatic heterocycles.